The first kappa shape index (κ1) is 23.9. The largest absolute Gasteiger partial charge is 0.379 e. The molecule has 24 heavy (non-hydrogen) atoms. The van der Waals surface area contributed by atoms with E-state index in [1.807, 2.05) is 6.92 Å². The maximum absolute atomic E-state index is 10.3. The van der Waals surface area contributed by atoms with Gasteiger partial charge in [0.05, 0.1) is 19.3 Å². The third kappa shape index (κ3) is 19.9. The highest BCUT2D eigenvalue weighted by Gasteiger charge is 2.01. The van der Waals surface area contributed by atoms with Gasteiger partial charge in [0.1, 0.15) is 6.61 Å². The topological polar surface area (TPSA) is 38.4 Å². The highest BCUT2D eigenvalue weighted by atomic mass is 16.5. The SMILES string of the molecule is CCCCCCCCCCCCCCCCOCC(C)OCC[O]. The van der Waals surface area contributed by atoms with E-state index < -0.39 is 0 Å². The highest BCUT2D eigenvalue weighted by molar-refractivity contribution is 4.50. The Bertz CT molecular complexity index is 221. The van der Waals surface area contributed by atoms with Crippen molar-refractivity contribution in [2.24, 2.45) is 0 Å². The van der Waals surface area contributed by atoms with Crippen LogP contribution in [0.2, 0.25) is 0 Å². The van der Waals surface area contributed by atoms with Crippen LogP contribution in [0.5, 0.6) is 0 Å². The number of rotatable bonds is 20. The average Bonchev–Trinajstić information content (AvgIpc) is 2.59. The van der Waals surface area contributed by atoms with Gasteiger partial charge in [-0.05, 0) is 13.3 Å². The van der Waals surface area contributed by atoms with Gasteiger partial charge in [-0.1, -0.05) is 90.4 Å². The third-order valence-electron chi connectivity index (χ3n) is 4.48. The van der Waals surface area contributed by atoms with Crippen molar-refractivity contribution >= 4 is 0 Å². The fourth-order valence-electron chi connectivity index (χ4n) is 2.95. The van der Waals surface area contributed by atoms with Gasteiger partial charge in [-0.3, -0.25) is 0 Å². The molecule has 0 amide bonds. The standard InChI is InChI=1S/C21H43O3/c1-3-4-5-6-7-8-9-10-11-12-13-14-15-16-18-23-20-21(2)24-19-17-22/h21H,3-20H2,1-2H3. The molecule has 0 rings (SSSR count). The van der Waals surface area contributed by atoms with Gasteiger partial charge < -0.3 is 9.47 Å². The second kappa shape index (κ2) is 20.9. The van der Waals surface area contributed by atoms with Crippen molar-refractivity contribution < 1.29 is 14.6 Å². The Hall–Kier alpha value is -0.120. The second-order valence-corrected chi connectivity index (χ2v) is 7.06. The summed E-state index contributed by atoms with van der Waals surface area (Å²) >= 11 is 0. The Morgan fingerprint density at radius 2 is 1.12 bits per heavy atom. The molecule has 1 atom stereocenters. The van der Waals surface area contributed by atoms with E-state index in [0.29, 0.717) is 13.2 Å². The molecule has 0 bridgehead atoms. The molecule has 3 heteroatoms. The van der Waals surface area contributed by atoms with E-state index in [-0.39, 0.29) is 12.7 Å². The van der Waals surface area contributed by atoms with Crippen LogP contribution in [0.1, 0.15) is 104 Å². The van der Waals surface area contributed by atoms with Crippen LogP contribution >= 0.6 is 0 Å². The second-order valence-electron chi connectivity index (χ2n) is 7.06. The summed E-state index contributed by atoms with van der Waals surface area (Å²) in [5.41, 5.74) is 0. The fraction of sp³-hybridized carbons (Fsp3) is 1.00. The molecule has 0 heterocycles. The summed E-state index contributed by atoms with van der Waals surface area (Å²) in [6.07, 6.45) is 19.4. The summed E-state index contributed by atoms with van der Waals surface area (Å²) in [5, 5.41) is 10.3. The average molecular weight is 344 g/mol. The zero-order valence-electron chi connectivity index (χ0n) is 16.5. The van der Waals surface area contributed by atoms with Crippen molar-refractivity contribution in [3.63, 3.8) is 0 Å². The summed E-state index contributed by atoms with van der Waals surface area (Å²) in [6.45, 7) is 5.80. The van der Waals surface area contributed by atoms with Crippen molar-refractivity contribution in [1.82, 2.24) is 0 Å². The first-order valence-corrected chi connectivity index (χ1v) is 10.6. The molecule has 145 valence electrons. The zero-order valence-corrected chi connectivity index (χ0v) is 16.5. The van der Waals surface area contributed by atoms with E-state index >= 15 is 0 Å². The van der Waals surface area contributed by atoms with Crippen LogP contribution in [0, 0.1) is 0 Å². The minimum absolute atomic E-state index is 0.0468. The lowest BCUT2D eigenvalue weighted by molar-refractivity contribution is -0.0271. The van der Waals surface area contributed by atoms with Crippen molar-refractivity contribution in [3.05, 3.63) is 0 Å². The molecule has 0 N–H and O–H groups in total. The van der Waals surface area contributed by atoms with Crippen molar-refractivity contribution in [2.75, 3.05) is 26.4 Å². The minimum atomic E-state index is -0.163. The van der Waals surface area contributed by atoms with E-state index in [1.54, 1.807) is 0 Å². The first-order valence-electron chi connectivity index (χ1n) is 10.6. The van der Waals surface area contributed by atoms with E-state index in [1.165, 1.54) is 83.5 Å². The molecule has 0 aromatic carbocycles. The lowest BCUT2D eigenvalue weighted by Gasteiger charge is -2.12. The molecule has 0 aliphatic heterocycles. The van der Waals surface area contributed by atoms with E-state index in [2.05, 4.69) is 6.92 Å². The maximum atomic E-state index is 10.3. The predicted octanol–water partition coefficient (Wildman–Crippen LogP) is 6.32. The summed E-state index contributed by atoms with van der Waals surface area (Å²) in [5.74, 6) is 0. The van der Waals surface area contributed by atoms with Gasteiger partial charge in [-0.25, -0.2) is 5.11 Å². The number of hydrogen-bond acceptors (Lipinski definition) is 2. The molecule has 0 aliphatic carbocycles. The molecule has 0 aromatic rings. The predicted molar refractivity (Wildman–Crippen MR) is 102 cm³/mol. The van der Waals surface area contributed by atoms with Gasteiger partial charge in [0.15, 0.2) is 0 Å². The maximum Gasteiger partial charge on any atom is 0.106 e. The fourth-order valence-corrected chi connectivity index (χ4v) is 2.95. The molecule has 0 spiro atoms. The lowest BCUT2D eigenvalue weighted by Crippen LogP contribution is -2.18. The van der Waals surface area contributed by atoms with Crippen LogP contribution in [0.3, 0.4) is 0 Å². The van der Waals surface area contributed by atoms with Crippen LogP contribution < -0.4 is 0 Å². The highest BCUT2D eigenvalue weighted by Crippen LogP contribution is 2.12. The summed E-state index contributed by atoms with van der Waals surface area (Å²) in [6, 6.07) is 0. The van der Waals surface area contributed by atoms with Crippen molar-refractivity contribution in [2.45, 2.75) is 110 Å². The molecule has 0 aromatic heterocycles. The van der Waals surface area contributed by atoms with Gasteiger partial charge in [-0.15, -0.1) is 0 Å². The Balaban J connectivity index is 3.02. The Morgan fingerprint density at radius 1 is 0.667 bits per heavy atom. The van der Waals surface area contributed by atoms with Crippen LogP contribution in [-0.4, -0.2) is 32.5 Å². The Kier molecular flexibility index (Phi) is 20.8. The molecular formula is C21H43O3. The molecule has 0 saturated carbocycles. The third-order valence-corrected chi connectivity index (χ3v) is 4.48. The summed E-state index contributed by atoms with van der Waals surface area (Å²) in [7, 11) is 0. The van der Waals surface area contributed by atoms with E-state index in [4.69, 9.17) is 9.47 Å². The molecule has 3 nitrogen and oxygen atoms in total. The van der Waals surface area contributed by atoms with Crippen LogP contribution in [0.15, 0.2) is 0 Å². The summed E-state index contributed by atoms with van der Waals surface area (Å²) in [4.78, 5) is 0. The number of ether oxygens (including phenoxy) is 2. The summed E-state index contributed by atoms with van der Waals surface area (Å²) < 4.78 is 10.9. The quantitative estimate of drug-likeness (QED) is 0.243. The Morgan fingerprint density at radius 3 is 1.58 bits per heavy atom. The monoisotopic (exact) mass is 343 g/mol. The molecule has 0 aliphatic rings. The Labute approximate surface area is 151 Å². The van der Waals surface area contributed by atoms with Gasteiger partial charge >= 0.3 is 0 Å². The van der Waals surface area contributed by atoms with Crippen LogP contribution in [0.25, 0.3) is 0 Å². The number of unbranched alkanes of at least 4 members (excludes halogenated alkanes) is 13. The van der Waals surface area contributed by atoms with Gasteiger partial charge in [-0.2, -0.15) is 0 Å². The van der Waals surface area contributed by atoms with Gasteiger partial charge in [0.2, 0.25) is 0 Å². The molecular weight excluding hydrogens is 300 g/mol. The first-order chi connectivity index (χ1) is 11.8. The van der Waals surface area contributed by atoms with E-state index in [9.17, 15) is 5.11 Å². The van der Waals surface area contributed by atoms with Gasteiger partial charge in [0.25, 0.3) is 0 Å². The van der Waals surface area contributed by atoms with Crippen LogP contribution in [0.4, 0.5) is 0 Å². The molecule has 0 saturated heterocycles. The minimum Gasteiger partial charge on any atom is -0.379 e. The smallest absolute Gasteiger partial charge is 0.106 e. The molecule has 1 radical (unpaired) electrons. The van der Waals surface area contributed by atoms with Crippen molar-refractivity contribution in [3.8, 4) is 0 Å². The lowest BCUT2D eigenvalue weighted by atomic mass is 10.0. The van der Waals surface area contributed by atoms with Crippen LogP contribution in [-0.2, 0) is 14.6 Å². The van der Waals surface area contributed by atoms with Gasteiger partial charge in [0, 0.05) is 6.61 Å². The number of hydrogen-bond donors (Lipinski definition) is 0. The molecule has 1 unspecified atom stereocenters. The normalized spacial score (nSPS) is 12.6. The molecule has 0 fully saturated rings. The zero-order chi connectivity index (χ0) is 17.7. The van der Waals surface area contributed by atoms with Crippen molar-refractivity contribution in [1.29, 1.82) is 0 Å². The van der Waals surface area contributed by atoms with E-state index in [0.717, 1.165) is 13.0 Å².